The summed E-state index contributed by atoms with van der Waals surface area (Å²) in [6.45, 7) is 6.87. The van der Waals surface area contributed by atoms with Crippen molar-refractivity contribution < 1.29 is 4.74 Å². The molecule has 2 nitrogen and oxygen atoms in total. The van der Waals surface area contributed by atoms with Crippen LogP contribution in [0.3, 0.4) is 0 Å². The highest BCUT2D eigenvalue weighted by atomic mass is 16.5. The summed E-state index contributed by atoms with van der Waals surface area (Å²) in [5.74, 6) is 1.02. The number of fused-ring (bicyclic) bond motifs is 1. The fraction of sp³-hybridized carbons (Fsp3) is 0.360. The van der Waals surface area contributed by atoms with E-state index in [9.17, 15) is 0 Å². The zero-order chi connectivity index (χ0) is 18.9. The fourth-order valence-corrected chi connectivity index (χ4v) is 3.48. The zero-order valence-corrected chi connectivity index (χ0v) is 16.6. The Bertz CT molecular complexity index is 856. The van der Waals surface area contributed by atoms with Gasteiger partial charge in [-0.2, -0.15) is 0 Å². The van der Waals surface area contributed by atoms with E-state index < -0.39 is 0 Å². The van der Waals surface area contributed by atoms with Crippen LogP contribution in [-0.2, 0) is 13.1 Å². The van der Waals surface area contributed by atoms with Gasteiger partial charge >= 0.3 is 0 Å². The second kappa shape index (κ2) is 10.1. The van der Waals surface area contributed by atoms with Crippen molar-refractivity contribution in [2.45, 2.75) is 52.6 Å². The minimum absolute atomic E-state index is 0.795. The minimum Gasteiger partial charge on any atom is -0.493 e. The molecule has 0 aliphatic heterocycles. The van der Waals surface area contributed by atoms with Crippen LogP contribution >= 0.6 is 0 Å². The molecule has 0 aliphatic carbocycles. The first kappa shape index (κ1) is 19.4. The maximum Gasteiger partial charge on any atom is 0.124 e. The number of hydrogen-bond donors (Lipinski definition) is 1. The summed E-state index contributed by atoms with van der Waals surface area (Å²) in [5, 5.41) is 6.17. The van der Waals surface area contributed by atoms with E-state index in [-0.39, 0.29) is 0 Å². The largest absolute Gasteiger partial charge is 0.493 e. The van der Waals surface area contributed by atoms with Crippen LogP contribution in [0.25, 0.3) is 10.8 Å². The molecule has 0 spiro atoms. The first-order valence-electron chi connectivity index (χ1n) is 10.2. The van der Waals surface area contributed by atoms with Crippen LogP contribution in [0.4, 0.5) is 0 Å². The van der Waals surface area contributed by atoms with Crippen LogP contribution in [0.15, 0.2) is 60.7 Å². The van der Waals surface area contributed by atoms with Crippen molar-refractivity contribution in [1.29, 1.82) is 0 Å². The Morgan fingerprint density at radius 1 is 0.815 bits per heavy atom. The van der Waals surface area contributed by atoms with Gasteiger partial charge in [-0.3, -0.25) is 0 Å². The van der Waals surface area contributed by atoms with Crippen molar-refractivity contribution in [3.8, 4) is 5.75 Å². The van der Waals surface area contributed by atoms with Crippen LogP contribution in [0.2, 0.25) is 0 Å². The van der Waals surface area contributed by atoms with E-state index in [4.69, 9.17) is 4.74 Å². The van der Waals surface area contributed by atoms with Crippen molar-refractivity contribution in [3.63, 3.8) is 0 Å². The molecule has 0 aromatic heterocycles. The molecular weight excluding hydrogens is 330 g/mol. The molecule has 0 unspecified atom stereocenters. The van der Waals surface area contributed by atoms with E-state index in [2.05, 4.69) is 79.8 Å². The molecule has 3 aromatic carbocycles. The van der Waals surface area contributed by atoms with Crippen molar-refractivity contribution in [2.75, 3.05) is 6.61 Å². The third-order valence-corrected chi connectivity index (χ3v) is 5.13. The lowest BCUT2D eigenvalue weighted by molar-refractivity contribution is 0.302. The van der Waals surface area contributed by atoms with Crippen molar-refractivity contribution in [1.82, 2.24) is 5.32 Å². The smallest absolute Gasteiger partial charge is 0.124 e. The second-order valence-corrected chi connectivity index (χ2v) is 7.20. The lowest BCUT2D eigenvalue weighted by Crippen LogP contribution is -2.15. The molecule has 0 radical (unpaired) electrons. The van der Waals surface area contributed by atoms with Gasteiger partial charge in [-0.25, -0.2) is 0 Å². The van der Waals surface area contributed by atoms with E-state index in [1.807, 2.05) is 0 Å². The lowest BCUT2D eigenvalue weighted by atomic mass is 10.0. The number of benzene rings is 3. The van der Waals surface area contributed by atoms with Crippen LogP contribution in [0.1, 0.15) is 49.3 Å². The highest BCUT2D eigenvalue weighted by molar-refractivity contribution is 5.87. The topological polar surface area (TPSA) is 21.3 Å². The first-order chi connectivity index (χ1) is 13.3. The Morgan fingerprint density at radius 2 is 1.63 bits per heavy atom. The summed E-state index contributed by atoms with van der Waals surface area (Å²) >= 11 is 0. The highest BCUT2D eigenvalue weighted by Gasteiger charge is 2.09. The average Bonchev–Trinajstić information content (AvgIpc) is 2.70. The quantitative estimate of drug-likeness (QED) is 0.422. The van der Waals surface area contributed by atoms with Gasteiger partial charge in [0.25, 0.3) is 0 Å². The standard InChI is InChI=1S/C25H31NO/c1-3-4-5-10-17-27-25-16-15-21-12-8-9-14-23(21)24(25)19-26-18-22-13-7-6-11-20(22)2/h6-9,11-16,26H,3-5,10,17-19H2,1-2H3. The number of hydrogen-bond acceptors (Lipinski definition) is 2. The third kappa shape index (κ3) is 5.33. The first-order valence-corrected chi connectivity index (χ1v) is 10.2. The molecule has 3 rings (SSSR count). The summed E-state index contributed by atoms with van der Waals surface area (Å²) < 4.78 is 6.18. The monoisotopic (exact) mass is 361 g/mol. The van der Waals surface area contributed by atoms with Crippen molar-refractivity contribution in [2.24, 2.45) is 0 Å². The van der Waals surface area contributed by atoms with Gasteiger partial charge in [0.2, 0.25) is 0 Å². The second-order valence-electron chi connectivity index (χ2n) is 7.20. The number of ether oxygens (including phenoxy) is 1. The molecule has 142 valence electrons. The molecule has 0 heterocycles. The van der Waals surface area contributed by atoms with Gasteiger partial charge in [-0.1, -0.05) is 80.8 Å². The number of nitrogens with one attached hydrogen (secondary N) is 1. The maximum absolute atomic E-state index is 6.18. The van der Waals surface area contributed by atoms with Gasteiger partial charge in [0, 0.05) is 18.7 Å². The summed E-state index contributed by atoms with van der Waals surface area (Å²) in [6.07, 6.45) is 4.90. The Hall–Kier alpha value is -2.32. The molecule has 0 bridgehead atoms. The van der Waals surface area contributed by atoms with Crippen molar-refractivity contribution in [3.05, 3.63) is 77.4 Å². The minimum atomic E-state index is 0.795. The van der Waals surface area contributed by atoms with E-state index >= 15 is 0 Å². The summed E-state index contributed by atoms with van der Waals surface area (Å²) in [5.41, 5.74) is 3.94. The van der Waals surface area contributed by atoms with Gasteiger partial charge < -0.3 is 10.1 Å². The van der Waals surface area contributed by atoms with Gasteiger partial charge in [0.1, 0.15) is 5.75 Å². The summed E-state index contributed by atoms with van der Waals surface area (Å²) in [7, 11) is 0. The molecule has 27 heavy (non-hydrogen) atoms. The predicted octanol–water partition coefficient (Wildman–Crippen LogP) is 6.40. The molecule has 2 heteroatoms. The average molecular weight is 362 g/mol. The van der Waals surface area contributed by atoms with Gasteiger partial charge in [-0.15, -0.1) is 0 Å². The molecule has 0 aliphatic rings. The molecular formula is C25H31NO. The molecule has 3 aromatic rings. The Morgan fingerprint density at radius 3 is 2.48 bits per heavy atom. The molecule has 0 saturated carbocycles. The lowest BCUT2D eigenvalue weighted by Gasteiger charge is -2.16. The molecule has 0 saturated heterocycles. The Kier molecular flexibility index (Phi) is 7.29. The maximum atomic E-state index is 6.18. The molecule has 0 fully saturated rings. The zero-order valence-electron chi connectivity index (χ0n) is 16.6. The van der Waals surface area contributed by atoms with E-state index in [1.54, 1.807) is 0 Å². The van der Waals surface area contributed by atoms with E-state index in [1.165, 1.54) is 46.7 Å². The normalized spacial score (nSPS) is 11.0. The Labute approximate surface area is 163 Å². The van der Waals surface area contributed by atoms with Crippen molar-refractivity contribution >= 4 is 10.8 Å². The predicted molar refractivity (Wildman–Crippen MR) is 115 cm³/mol. The molecule has 0 atom stereocenters. The van der Waals surface area contributed by atoms with E-state index in [0.29, 0.717) is 0 Å². The van der Waals surface area contributed by atoms with E-state index in [0.717, 1.165) is 31.9 Å². The van der Waals surface area contributed by atoms with Gasteiger partial charge in [0.05, 0.1) is 6.61 Å². The number of aryl methyl sites for hydroxylation is 1. The van der Waals surface area contributed by atoms with Crippen LogP contribution in [0.5, 0.6) is 5.75 Å². The molecule has 1 N–H and O–H groups in total. The van der Waals surface area contributed by atoms with Crippen LogP contribution < -0.4 is 10.1 Å². The SMILES string of the molecule is CCCCCCOc1ccc2ccccc2c1CNCc1ccccc1C. The third-order valence-electron chi connectivity index (χ3n) is 5.13. The number of rotatable bonds is 10. The fourth-order valence-electron chi connectivity index (χ4n) is 3.48. The highest BCUT2D eigenvalue weighted by Crippen LogP contribution is 2.28. The summed E-state index contributed by atoms with van der Waals surface area (Å²) in [4.78, 5) is 0. The Balaban J connectivity index is 1.72. The molecule has 0 amide bonds. The number of unbranched alkanes of at least 4 members (excludes halogenated alkanes) is 3. The van der Waals surface area contributed by atoms with Gasteiger partial charge in [0.15, 0.2) is 0 Å². The van der Waals surface area contributed by atoms with Gasteiger partial charge in [-0.05, 0) is 41.3 Å². The van der Waals surface area contributed by atoms with Crippen LogP contribution in [-0.4, -0.2) is 6.61 Å². The van der Waals surface area contributed by atoms with Crippen LogP contribution in [0, 0.1) is 6.92 Å². The summed E-state index contributed by atoms with van der Waals surface area (Å²) in [6, 6.07) is 21.4.